The smallest absolute Gasteiger partial charge is 0.446 e. The minimum absolute atomic E-state index is 0.0302. The van der Waals surface area contributed by atoms with Crippen LogP contribution in [0.3, 0.4) is 0 Å². The zero-order chi connectivity index (χ0) is 17.7. The highest BCUT2D eigenvalue weighted by atomic mass is 32.2. The van der Waals surface area contributed by atoms with Crippen LogP contribution in [0, 0.1) is 0 Å². The van der Waals surface area contributed by atoms with Crippen LogP contribution in [0.2, 0.25) is 0 Å². The van der Waals surface area contributed by atoms with Crippen molar-refractivity contribution in [3.8, 4) is 5.75 Å². The van der Waals surface area contributed by atoms with Gasteiger partial charge in [-0.25, -0.2) is 0 Å². The van der Waals surface area contributed by atoms with Gasteiger partial charge in [0.1, 0.15) is 5.75 Å². The fourth-order valence-corrected chi connectivity index (χ4v) is 2.47. The van der Waals surface area contributed by atoms with Crippen molar-refractivity contribution in [1.82, 2.24) is 0 Å². The van der Waals surface area contributed by atoms with Crippen LogP contribution in [0.4, 0.5) is 18.9 Å². The van der Waals surface area contributed by atoms with E-state index >= 15 is 0 Å². The van der Waals surface area contributed by atoms with Gasteiger partial charge in [0.15, 0.2) is 0 Å². The molecule has 0 heterocycles. The molecule has 0 bridgehead atoms. The maximum Gasteiger partial charge on any atom is 0.446 e. The number of benzene rings is 2. The van der Waals surface area contributed by atoms with Crippen molar-refractivity contribution in [2.45, 2.75) is 30.4 Å². The van der Waals surface area contributed by atoms with Crippen LogP contribution >= 0.6 is 11.8 Å². The number of carbonyl (C=O) groups is 1. The Kier molecular flexibility index (Phi) is 5.77. The van der Waals surface area contributed by atoms with Gasteiger partial charge in [-0.05, 0) is 62.0 Å². The van der Waals surface area contributed by atoms with Gasteiger partial charge in [-0.15, -0.1) is 0 Å². The predicted octanol–water partition coefficient (Wildman–Crippen LogP) is 5.34. The van der Waals surface area contributed by atoms with Crippen molar-refractivity contribution in [3.63, 3.8) is 0 Å². The molecule has 7 heteroatoms. The lowest BCUT2D eigenvalue weighted by molar-refractivity contribution is -0.0328. The minimum Gasteiger partial charge on any atom is -0.489 e. The summed E-state index contributed by atoms with van der Waals surface area (Å²) < 4.78 is 42.5. The van der Waals surface area contributed by atoms with Gasteiger partial charge in [-0.1, -0.05) is 12.1 Å². The first-order valence-corrected chi connectivity index (χ1v) is 7.99. The van der Waals surface area contributed by atoms with Crippen LogP contribution in [0.1, 0.15) is 24.2 Å². The van der Waals surface area contributed by atoms with E-state index in [0.717, 1.165) is 0 Å². The number of hydrogen-bond acceptors (Lipinski definition) is 3. The number of carbonyl (C=O) groups excluding carboxylic acids is 1. The quantitative estimate of drug-likeness (QED) is 0.736. The number of para-hydroxylation sites is 2. The Bertz CT molecular complexity index is 700. The molecule has 0 aliphatic rings. The van der Waals surface area contributed by atoms with Gasteiger partial charge in [0.05, 0.1) is 11.8 Å². The molecule has 1 N–H and O–H groups in total. The molecule has 0 fully saturated rings. The number of amides is 1. The average Bonchev–Trinajstić information content (AvgIpc) is 2.48. The molecule has 0 aromatic heterocycles. The zero-order valence-electron chi connectivity index (χ0n) is 13.1. The summed E-state index contributed by atoms with van der Waals surface area (Å²) in [5.41, 5.74) is -3.58. The normalized spacial score (nSPS) is 11.4. The van der Waals surface area contributed by atoms with E-state index in [1.54, 1.807) is 24.3 Å². The van der Waals surface area contributed by atoms with Crippen molar-refractivity contribution in [2.24, 2.45) is 0 Å². The molecule has 2 aromatic carbocycles. The summed E-state index contributed by atoms with van der Waals surface area (Å²) in [6.45, 7) is 3.74. The number of alkyl halides is 3. The highest BCUT2D eigenvalue weighted by Gasteiger charge is 2.29. The van der Waals surface area contributed by atoms with Gasteiger partial charge in [0.2, 0.25) is 0 Å². The molecule has 0 atom stereocenters. The summed E-state index contributed by atoms with van der Waals surface area (Å²) in [5, 5.41) is 2.71. The molecule has 0 aliphatic heterocycles. The number of ether oxygens (including phenoxy) is 1. The van der Waals surface area contributed by atoms with Crippen LogP contribution in [0.5, 0.6) is 5.75 Å². The van der Waals surface area contributed by atoms with E-state index in [9.17, 15) is 18.0 Å². The molecule has 1 amide bonds. The number of thioether (sulfide) groups is 1. The number of anilines is 1. The van der Waals surface area contributed by atoms with E-state index in [0.29, 0.717) is 11.4 Å². The van der Waals surface area contributed by atoms with Crippen molar-refractivity contribution in [2.75, 3.05) is 5.32 Å². The first kappa shape index (κ1) is 18.2. The third-order valence-electron chi connectivity index (χ3n) is 2.85. The summed E-state index contributed by atoms with van der Waals surface area (Å²) in [4.78, 5) is 12.3. The van der Waals surface area contributed by atoms with Crippen LogP contribution in [0.15, 0.2) is 53.4 Å². The Morgan fingerprint density at radius 3 is 2.29 bits per heavy atom. The SMILES string of the molecule is CC(C)Oc1ccccc1NC(=O)c1ccc(SC(F)(F)F)cc1. The standard InChI is InChI=1S/C17H16F3NO2S/c1-11(2)23-15-6-4-3-5-14(15)21-16(22)12-7-9-13(10-8-12)24-17(18,19)20/h3-11H,1-2H3,(H,21,22). The Labute approximate surface area is 142 Å². The van der Waals surface area contributed by atoms with Gasteiger partial charge in [-0.2, -0.15) is 13.2 Å². The summed E-state index contributed by atoms with van der Waals surface area (Å²) in [5.74, 6) is 0.114. The second-order valence-corrected chi connectivity index (χ2v) is 6.33. The van der Waals surface area contributed by atoms with Gasteiger partial charge in [0, 0.05) is 10.5 Å². The molecule has 3 nitrogen and oxygen atoms in total. The average molecular weight is 355 g/mol. The molecule has 0 saturated heterocycles. The van der Waals surface area contributed by atoms with Gasteiger partial charge < -0.3 is 10.1 Å². The number of nitrogens with one attached hydrogen (secondary N) is 1. The maximum atomic E-state index is 12.3. The molecule has 2 aromatic rings. The lowest BCUT2D eigenvalue weighted by atomic mass is 10.2. The van der Waals surface area contributed by atoms with Gasteiger partial charge >= 0.3 is 5.51 Å². The van der Waals surface area contributed by atoms with E-state index in [1.807, 2.05) is 13.8 Å². The highest BCUT2D eigenvalue weighted by molar-refractivity contribution is 8.00. The first-order valence-electron chi connectivity index (χ1n) is 7.17. The fraction of sp³-hybridized carbons (Fsp3) is 0.235. The van der Waals surface area contributed by atoms with E-state index in [1.165, 1.54) is 24.3 Å². The molecule has 128 valence electrons. The summed E-state index contributed by atoms with van der Waals surface area (Å²) >= 11 is -0.217. The summed E-state index contributed by atoms with van der Waals surface area (Å²) in [7, 11) is 0. The van der Waals surface area contributed by atoms with Crippen molar-refractivity contribution < 1.29 is 22.7 Å². The van der Waals surface area contributed by atoms with E-state index in [4.69, 9.17) is 4.74 Å². The molecule has 0 spiro atoms. The number of hydrogen-bond donors (Lipinski definition) is 1. The second-order valence-electron chi connectivity index (χ2n) is 5.19. The minimum atomic E-state index is -4.35. The molecule has 2 rings (SSSR count). The molecule has 24 heavy (non-hydrogen) atoms. The summed E-state index contributed by atoms with van der Waals surface area (Å²) in [6.07, 6.45) is -0.0540. The third kappa shape index (κ3) is 5.49. The zero-order valence-corrected chi connectivity index (χ0v) is 13.9. The largest absolute Gasteiger partial charge is 0.489 e. The summed E-state index contributed by atoms with van der Waals surface area (Å²) in [6, 6.07) is 12.2. The van der Waals surface area contributed by atoms with Crippen molar-refractivity contribution >= 4 is 23.4 Å². The Balaban J connectivity index is 2.10. The Morgan fingerprint density at radius 2 is 1.71 bits per heavy atom. The third-order valence-corrected chi connectivity index (χ3v) is 3.59. The van der Waals surface area contributed by atoms with Crippen LogP contribution in [0.25, 0.3) is 0 Å². The molecule has 0 radical (unpaired) electrons. The fourth-order valence-electron chi connectivity index (χ4n) is 1.93. The van der Waals surface area contributed by atoms with Gasteiger partial charge in [-0.3, -0.25) is 4.79 Å². The molecular formula is C17H16F3NO2S. The maximum absolute atomic E-state index is 12.3. The first-order chi connectivity index (χ1) is 11.2. The second kappa shape index (κ2) is 7.61. The van der Waals surface area contributed by atoms with E-state index < -0.39 is 11.4 Å². The molecule has 0 unspecified atom stereocenters. The van der Waals surface area contributed by atoms with E-state index in [-0.39, 0.29) is 28.3 Å². The van der Waals surface area contributed by atoms with Crippen molar-refractivity contribution in [3.05, 3.63) is 54.1 Å². The van der Waals surface area contributed by atoms with E-state index in [2.05, 4.69) is 5.32 Å². The van der Waals surface area contributed by atoms with Crippen molar-refractivity contribution in [1.29, 1.82) is 0 Å². The van der Waals surface area contributed by atoms with Crippen LogP contribution < -0.4 is 10.1 Å². The molecule has 0 saturated carbocycles. The number of rotatable bonds is 5. The number of halogens is 3. The molecular weight excluding hydrogens is 339 g/mol. The topological polar surface area (TPSA) is 38.3 Å². The lowest BCUT2D eigenvalue weighted by Gasteiger charge is -2.15. The molecule has 0 aliphatic carbocycles. The lowest BCUT2D eigenvalue weighted by Crippen LogP contribution is -2.14. The predicted molar refractivity (Wildman–Crippen MR) is 88.5 cm³/mol. The monoisotopic (exact) mass is 355 g/mol. The Morgan fingerprint density at radius 1 is 1.08 bits per heavy atom. The van der Waals surface area contributed by atoms with Gasteiger partial charge in [0.25, 0.3) is 5.91 Å². The highest BCUT2D eigenvalue weighted by Crippen LogP contribution is 2.36. The Hall–Kier alpha value is -2.15. The van der Waals surface area contributed by atoms with Crippen LogP contribution in [-0.2, 0) is 0 Å². The van der Waals surface area contributed by atoms with Crippen LogP contribution in [-0.4, -0.2) is 17.5 Å².